The first-order chi connectivity index (χ1) is 13.9. The summed E-state index contributed by atoms with van der Waals surface area (Å²) in [6.45, 7) is 0. The minimum Gasteiger partial charge on any atom is -0.298 e. The number of fused-ring (bicyclic) bond motifs is 1. The second-order valence-electron chi connectivity index (χ2n) is 7.04. The monoisotopic (exact) mass is 449 g/mol. The number of sulfonamides is 1. The Morgan fingerprint density at radius 3 is 2.52 bits per heavy atom. The van der Waals surface area contributed by atoms with Gasteiger partial charge in [-0.15, -0.1) is 0 Å². The topological polar surface area (TPSA) is 79.4 Å². The number of aromatic nitrogens is 1. The summed E-state index contributed by atoms with van der Waals surface area (Å²) in [7, 11) is -1.94. The molecule has 0 atom stereocenters. The fourth-order valence-electron chi connectivity index (χ4n) is 3.55. The zero-order valence-corrected chi connectivity index (χ0v) is 18.1. The summed E-state index contributed by atoms with van der Waals surface area (Å²) in [5.74, 6) is -0.353. The fourth-order valence-corrected chi connectivity index (χ4v) is 6.12. The number of carbonyl (C=O) groups is 1. The molecule has 3 aromatic rings. The van der Waals surface area contributed by atoms with Crippen LogP contribution in [0.3, 0.4) is 0 Å². The minimum atomic E-state index is -3.57. The summed E-state index contributed by atoms with van der Waals surface area (Å²) in [5, 5.41) is 3.72. The van der Waals surface area contributed by atoms with Crippen LogP contribution in [0.1, 0.15) is 36.0 Å². The first-order valence-electron chi connectivity index (χ1n) is 9.31. The van der Waals surface area contributed by atoms with E-state index >= 15 is 0 Å². The number of benzene rings is 2. The van der Waals surface area contributed by atoms with Gasteiger partial charge in [-0.2, -0.15) is 4.31 Å². The number of thiazole rings is 1. The van der Waals surface area contributed by atoms with Crippen LogP contribution in [-0.2, 0) is 10.0 Å². The Hall–Kier alpha value is -2.00. The van der Waals surface area contributed by atoms with Gasteiger partial charge >= 0.3 is 0 Å². The summed E-state index contributed by atoms with van der Waals surface area (Å²) in [6.07, 6.45) is 3.89. The van der Waals surface area contributed by atoms with E-state index in [4.69, 9.17) is 11.6 Å². The van der Waals surface area contributed by atoms with Gasteiger partial charge in [0.05, 0.1) is 14.6 Å². The van der Waals surface area contributed by atoms with Gasteiger partial charge in [-0.3, -0.25) is 10.1 Å². The van der Waals surface area contributed by atoms with E-state index in [1.807, 2.05) is 12.1 Å². The van der Waals surface area contributed by atoms with E-state index < -0.39 is 10.0 Å². The van der Waals surface area contributed by atoms with Crippen LogP contribution in [0.2, 0.25) is 5.02 Å². The van der Waals surface area contributed by atoms with Gasteiger partial charge in [0.1, 0.15) is 5.52 Å². The molecule has 1 saturated carbocycles. The fraction of sp³-hybridized carbons (Fsp3) is 0.300. The van der Waals surface area contributed by atoms with Crippen molar-refractivity contribution in [2.24, 2.45) is 0 Å². The standard InChI is InChI=1S/C20H20ClN3O3S2/c1-24(14-5-2-3-6-14)29(26,27)15-11-9-13(10-12-15)19(25)23-20-22-18-16(21)7-4-8-17(18)28-20/h4,7-12,14H,2-3,5-6H2,1H3,(H,22,23,25). The van der Waals surface area contributed by atoms with Crippen molar-refractivity contribution in [3.05, 3.63) is 53.1 Å². The molecule has 1 fully saturated rings. The number of rotatable bonds is 5. The van der Waals surface area contributed by atoms with Crippen molar-refractivity contribution in [2.45, 2.75) is 36.6 Å². The minimum absolute atomic E-state index is 0.0498. The van der Waals surface area contributed by atoms with Gasteiger partial charge in [0.2, 0.25) is 10.0 Å². The van der Waals surface area contributed by atoms with E-state index in [-0.39, 0.29) is 16.8 Å². The lowest BCUT2D eigenvalue weighted by molar-refractivity contribution is 0.102. The number of amides is 1. The van der Waals surface area contributed by atoms with Crippen molar-refractivity contribution in [3.8, 4) is 0 Å². The number of hydrogen-bond acceptors (Lipinski definition) is 5. The number of halogens is 1. The van der Waals surface area contributed by atoms with E-state index in [0.29, 0.717) is 21.2 Å². The summed E-state index contributed by atoms with van der Waals surface area (Å²) in [5.41, 5.74) is 1.00. The van der Waals surface area contributed by atoms with Crippen LogP contribution in [-0.4, -0.2) is 36.7 Å². The Morgan fingerprint density at radius 2 is 1.86 bits per heavy atom. The normalized spacial score (nSPS) is 15.3. The lowest BCUT2D eigenvalue weighted by Gasteiger charge is -2.23. The molecule has 1 N–H and O–H groups in total. The van der Waals surface area contributed by atoms with Crippen LogP contribution in [0, 0.1) is 0 Å². The zero-order valence-electron chi connectivity index (χ0n) is 15.8. The average Bonchev–Trinajstić information content (AvgIpc) is 3.38. The molecule has 29 heavy (non-hydrogen) atoms. The van der Waals surface area contributed by atoms with Crippen molar-refractivity contribution in [3.63, 3.8) is 0 Å². The van der Waals surface area contributed by atoms with Gasteiger partial charge in [-0.25, -0.2) is 13.4 Å². The number of para-hydroxylation sites is 1. The predicted molar refractivity (Wildman–Crippen MR) is 116 cm³/mol. The molecule has 152 valence electrons. The molecule has 1 heterocycles. The molecule has 1 aliphatic rings. The number of nitrogens with zero attached hydrogens (tertiary/aromatic N) is 2. The number of nitrogens with one attached hydrogen (secondary N) is 1. The highest BCUT2D eigenvalue weighted by Crippen LogP contribution is 2.31. The van der Waals surface area contributed by atoms with Crippen LogP contribution in [0.15, 0.2) is 47.4 Å². The lowest BCUT2D eigenvalue weighted by Crippen LogP contribution is -2.35. The quantitative estimate of drug-likeness (QED) is 0.608. The molecule has 1 aliphatic carbocycles. The first-order valence-corrected chi connectivity index (χ1v) is 11.9. The molecule has 0 aliphatic heterocycles. The molecule has 0 unspecified atom stereocenters. The van der Waals surface area contributed by atoms with Gasteiger partial charge in [0.15, 0.2) is 5.13 Å². The summed E-state index contributed by atoms with van der Waals surface area (Å²) in [6, 6.07) is 11.5. The average molecular weight is 450 g/mol. The predicted octanol–water partition coefficient (Wildman–Crippen LogP) is 4.77. The molecular weight excluding hydrogens is 430 g/mol. The maximum absolute atomic E-state index is 12.8. The molecule has 0 spiro atoms. The number of carbonyl (C=O) groups excluding carboxylic acids is 1. The molecule has 0 bridgehead atoms. The second kappa shape index (κ2) is 8.02. The SMILES string of the molecule is CN(C1CCCC1)S(=O)(=O)c1ccc(C(=O)Nc2nc3c(Cl)cccc3s2)cc1. The van der Waals surface area contributed by atoms with Crippen molar-refractivity contribution >= 4 is 54.2 Å². The van der Waals surface area contributed by atoms with Gasteiger partial charge < -0.3 is 0 Å². The number of hydrogen-bond donors (Lipinski definition) is 1. The maximum atomic E-state index is 12.8. The van der Waals surface area contributed by atoms with Crippen LogP contribution < -0.4 is 5.32 Å². The Bertz CT molecular complexity index is 1150. The highest BCUT2D eigenvalue weighted by molar-refractivity contribution is 7.89. The van der Waals surface area contributed by atoms with Crippen LogP contribution in [0.4, 0.5) is 5.13 Å². The highest BCUT2D eigenvalue weighted by atomic mass is 35.5. The van der Waals surface area contributed by atoms with E-state index in [9.17, 15) is 13.2 Å². The first kappa shape index (κ1) is 20.3. The van der Waals surface area contributed by atoms with Gasteiger partial charge in [-0.05, 0) is 49.2 Å². The van der Waals surface area contributed by atoms with E-state index in [0.717, 1.165) is 30.4 Å². The maximum Gasteiger partial charge on any atom is 0.257 e. The van der Waals surface area contributed by atoms with E-state index in [1.165, 1.54) is 39.9 Å². The van der Waals surface area contributed by atoms with Crippen LogP contribution in [0.25, 0.3) is 10.2 Å². The largest absolute Gasteiger partial charge is 0.298 e. The summed E-state index contributed by atoms with van der Waals surface area (Å²) < 4.78 is 28.0. The van der Waals surface area contributed by atoms with E-state index in [1.54, 1.807) is 13.1 Å². The molecule has 1 amide bonds. The van der Waals surface area contributed by atoms with Gasteiger partial charge in [0.25, 0.3) is 5.91 Å². The Balaban J connectivity index is 1.50. The lowest BCUT2D eigenvalue weighted by atomic mass is 10.2. The zero-order chi connectivity index (χ0) is 20.6. The molecule has 2 aromatic carbocycles. The number of anilines is 1. The van der Waals surface area contributed by atoms with Crippen LogP contribution in [0.5, 0.6) is 0 Å². The summed E-state index contributed by atoms with van der Waals surface area (Å²) >= 11 is 7.46. The molecule has 4 rings (SSSR count). The second-order valence-corrected chi connectivity index (χ2v) is 10.5. The Labute approximate surface area is 178 Å². The molecular formula is C20H20ClN3O3S2. The van der Waals surface area contributed by atoms with Crippen LogP contribution >= 0.6 is 22.9 Å². The Kier molecular flexibility index (Phi) is 5.61. The van der Waals surface area contributed by atoms with E-state index in [2.05, 4.69) is 10.3 Å². The Morgan fingerprint density at radius 1 is 1.17 bits per heavy atom. The molecule has 6 nitrogen and oxygen atoms in total. The van der Waals surface area contributed by atoms with Crippen molar-refractivity contribution in [1.82, 2.24) is 9.29 Å². The molecule has 1 aromatic heterocycles. The molecule has 9 heteroatoms. The van der Waals surface area contributed by atoms with Crippen molar-refractivity contribution in [2.75, 3.05) is 12.4 Å². The third-order valence-electron chi connectivity index (χ3n) is 5.22. The smallest absolute Gasteiger partial charge is 0.257 e. The van der Waals surface area contributed by atoms with Gasteiger partial charge in [0, 0.05) is 18.7 Å². The van der Waals surface area contributed by atoms with Crippen molar-refractivity contribution < 1.29 is 13.2 Å². The third-order valence-corrected chi connectivity index (χ3v) is 8.39. The van der Waals surface area contributed by atoms with Gasteiger partial charge in [-0.1, -0.05) is 41.8 Å². The van der Waals surface area contributed by atoms with Crippen molar-refractivity contribution in [1.29, 1.82) is 0 Å². The molecule has 0 radical (unpaired) electrons. The molecule has 0 saturated heterocycles. The highest BCUT2D eigenvalue weighted by Gasteiger charge is 2.30. The summed E-state index contributed by atoms with van der Waals surface area (Å²) in [4.78, 5) is 17.1. The third kappa shape index (κ3) is 4.02.